The monoisotopic (exact) mass is 382 g/mol. The third kappa shape index (κ3) is 4.76. The van der Waals surface area contributed by atoms with Crippen LogP contribution in [-0.4, -0.2) is 24.5 Å². The van der Waals surface area contributed by atoms with Crippen LogP contribution in [-0.2, 0) is 17.6 Å². The van der Waals surface area contributed by atoms with E-state index in [0.717, 1.165) is 10.9 Å². The number of hydrogen-bond donors (Lipinski definition) is 2. The molecule has 1 aromatic heterocycles. The van der Waals surface area contributed by atoms with Crippen LogP contribution in [0.25, 0.3) is 10.9 Å². The molecule has 0 saturated carbocycles. The minimum Gasteiger partial charge on any atom is -0.497 e. The summed E-state index contributed by atoms with van der Waals surface area (Å²) >= 11 is 0. The number of ether oxygens (including phenoxy) is 1. The largest absolute Gasteiger partial charge is 0.497 e. The maximum atomic E-state index is 13.0. The highest BCUT2D eigenvalue weighted by Gasteiger charge is 2.13. The third-order valence-electron chi connectivity index (χ3n) is 4.73. The Morgan fingerprint density at radius 1 is 1.18 bits per heavy atom. The van der Waals surface area contributed by atoms with Crippen molar-refractivity contribution in [3.8, 4) is 5.75 Å². The Labute approximate surface area is 162 Å². The van der Waals surface area contributed by atoms with Crippen molar-refractivity contribution in [3.05, 3.63) is 75.8 Å². The molecule has 0 aliphatic heterocycles. The SMILES string of the molecule is COc1ccc2cc(CCNC(=O)C(C)Cc3ccc(F)cc3)c(=O)[nH]c2c1. The van der Waals surface area contributed by atoms with E-state index in [2.05, 4.69) is 10.3 Å². The number of benzene rings is 2. The molecular weight excluding hydrogens is 359 g/mol. The van der Waals surface area contributed by atoms with Gasteiger partial charge in [0.15, 0.2) is 0 Å². The molecule has 1 amide bonds. The topological polar surface area (TPSA) is 71.2 Å². The second kappa shape index (κ2) is 8.69. The molecule has 146 valence electrons. The van der Waals surface area contributed by atoms with Crippen LogP contribution in [0.15, 0.2) is 53.3 Å². The first-order valence-electron chi connectivity index (χ1n) is 9.18. The fourth-order valence-electron chi connectivity index (χ4n) is 3.10. The molecule has 0 bridgehead atoms. The zero-order chi connectivity index (χ0) is 20.1. The zero-order valence-electron chi connectivity index (χ0n) is 15.9. The van der Waals surface area contributed by atoms with Crippen LogP contribution < -0.4 is 15.6 Å². The number of halogens is 1. The maximum absolute atomic E-state index is 13.0. The van der Waals surface area contributed by atoms with E-state index in [1.54, 1.807) is 25.3 Å². The smallest absolute Gasteiger partial charge is 0.251 e. The molecule has 0 saturated heterocycles. The number of amides is 1. The second-order valence-electron chi connectivity index (χ2n) is 6.85. The van der Waals surface area contributed by atoms with Crippen LogP contribution in [0.1, 0.15) is 18.1 Å². The number of aromatic amines is 1. The fourth-order valence-corrected chi connectivity index (χ4v) is 3.10. The summed E-state index contributed by atoms with van der Waals surface area (Å²) in [6.45, 7) is 2.20. The molecular formula is C22H23FN2O3. The summed E-state index contributed by atoms with van der Waals surface area (Å²) < 4.78 is 18.1. The van der Waals surface area contributed by atoms with E-state index in [9.17, 15) is 14.0 Å². The molecule has 6 heteroatoms. The summed E-state index contributed by atoms with van der Waals surface area (Å²) in [5.41, 5.74) is 2.06. The summed E-state index contributed by atoms with van der Waals surface area (Å²) in [5.74, 6) is 0.0531. The third-order valence-corrected chi connectivity index (χ3v) is 4.73. The van der Waals surface area contributed by atoms with Crippen LogP contribution >= 0.6 is 0 Å². The highest BCUT2D eigenvalue weighted by Crippen LogP contribution is 2.18. The molecule has 0 spiro atoms. The molecule has 28 heavy (non-hydrogen) atoms. The van der Waals surface area contributed by atoms with E-state index >= 15 is 0 Å². The van der Waals surface area contributed by atoms with Gasteiger partial charge in [-0.05, 0) is 54.1 Å². The van der Waals surface area contributed by atoms with Crippen LogP contribution in [0, 0.1) is 11.7 Å². The normalized spacial score (nSPS) is 12.0. The lowest BCUT2D eigenvalue weighted by Crippen LogP contribution is -2.32. The van der Waals surface area contributed by atoms with Gasteiger partial charge >= 0.3 is 0 Å². The number of methoxy groups -OCH3 is 1. The van der Waals surface area contributed by atoms with Crippen LogP contribution in [0.3, 0.4) is 0 Å². The van der Waals surface area contributed by atoms with Gasteiger partial charge in [0.25, 0.3) is 5.56 Å². The Balaban J connectivity index is 1.57. The maximum Gasteiger partial charge on any atom is 0.251 e. The van der Waals surface area contributed by atoms with Crippen molar-refractivity contribution in [1.82, 2.24) is 10.3 Å². The van der Waals surface area contributed by atoms with Crippen molar-refractivity contribution in [2.75, 3.05) is 13.7 Å². The van der Waals surface area contributed by atoms with Gasteiger partial charge in [-0.25, -0.2) is 4.39 Å². The highest BCUT2D eigenvalue weighted by molar-refractivity contribution is 5.80. The summed E-state index contributed by atoms with van der Waals surface area (Å²) in [4.78, 5) is 27.4. The number of hydrogen-bond acceptors (Lipinski definition) is 3. The first kappa shape index (κ1) is 19.6. The van der Waals surface area contributed by atoms with Crippen LogP contribution in [0.5, 0.6) is 5.75 Å². The van der Waals surface area contributed by atoms with Crippen molar-refractivity contribution in [2.24, 2.45) is 5.92 Å². The average Bonchev–Trinajstić information content (AvgIpc) is 2.69. The summed E-state index contributed by atoms with van der Waals surface area (Å²) in [5, 5.41) is 3.78. The lowest BCUT2D eigenvalue weighted by atomic mass is 10.0. The average molecular weight is 382 g/mol. The number of fused-ring (bicyclic) bond motifs is 1. The predicted molar refractivity (Wildman–Crippen MR) is 107 cm³/mol. The molecule has 2 aromatic carbocycles. The van der Waals surface area contributed by atoms with Gasteiger partial charge in [-0.2, -0.15) is 0 Å². The van der Waals surface area contributed by atoms with Gasteiger partial charge in [-0.15, -0.1) is 0 Å². The van der Waals surface area contributed by atoms with Gasteiger partial charge in [0.2, 0.25) is 5.91 Å². The number of nitrogens with one attached hydrogen (secondary N) is 2. The molecule has 1 heterocycles. The lowest BCUT2D eigenvalue weighted by molar-refractivity contribution is -0.124. The molecule has 1 unspecified atom stereocenters. The van der Waals surface area contributed by atoms with E-state index in [-0.39, 0.29) is 23.2 Å². The number of carbonyl (C=O) groups excluding carboxylic acids is 1. The van der Waals surface area contributed by atoms with E-state index in [1.165, 1.54) is 12.1 Å². The van der Waals surface area contributed by atoms with Gasteiger partial charge in [0, 0.05) is 24.1 Å². The molecule has 0 aliphatic rings. The lowest BCUT2D eigenvalue weighted by Gasteiger charge is -2.12. The van der Waals surface area contributed by atoms with E-state index in [0.29, 0.717) is 36.2 Å². The van der Waals surface area contributed by atoms with E-state index in [1.807, 2.05) is 25.1 Å². The van der Waals surface area contributed by atoms with E-state index < -0.39 is 0 Å². The van der Waals surface area contributed by atoms with Crippen molar-refractivity contribution in [1.29, 1.82) is 0 Å². The molecule has 1 atom stereocenters. The van der Waals surface area contributed by atoms with Crippen LogP contribution in [0.2, 0.25) is 0 Å². The Hall–Kier alpha value is -3.15. The van der Waals surface area contributed by atoms with Crippen molar-refractivity contribution < 1.29 is 13.9 Å². The Kier molecular flexibility index (Phi) is 6.09. The number of carbonyl (C=O) groups is 1. The minimum absolute atomic E-state index is 0.0914. The molecule has 2 N–H and O–H groups in total. The Morgan fingerprint density at radius 2 is 1.93 bits per heavy atom. The molecule has 3 rings (SSSR count). The van der Waals surface area contributed by atoms with Gasteiger partial charge in [-0.3, -0.25) is 9.59 Å². The van der Waals surface area contributed by atoms with Crippen molar-refractivity contribution in [2.45, 2.75) is 19.8 Å². The first-order chi connectivity index (χ1) is 13.5. The summed E-state index contributed by atoms with van der Waals surface area (Å²) in [6.07, 6.45) is 0.969. The van der Waals surface area contributed by atoms with E-state index in [4.69, 9.17) is 4.74 Å². The number of pyridine rings is 1. The quantitative estimate of drug-likeness (QED) is 0.659. The molecule has 5 nitrogen and oxygen atoms in total. The Bertz CT molecular complexity index is 1030. The molecule has 0 aliphatic carbocycles. The number of aromatic nitrogens is 1. The van der Waals surface area contributed by atoms with Crippen LogP contribution in [0.4, 0.5) is 4.39 Å². The van der Waals surface area contributed by atoms with Gasteiger partial charge in [0.05, 0.1) is 12.6 Å². The zero-order valence-corrected chi connectivity index (χ0v) is 15.9. The summed E-state index contributed by atoms with van der Waals surface area (Å²) in [7, 11) is 1.58. The molecule has 0 radical (unpaired) electrons. The molecule has 0 fully saturated rings. The summed E-state index contributed by atoms with van der Waals surface area (Å²) in [6, 6.07) is 13.5. The highest BCUT2D eigenvalue weighted by atomic mass is 19.1. The Morgan fingerprint density at radius 3 is 2.64 bits per heavy atom. The van der Waals surface area contributed by atoms with Gasteiger partial charge in [-0.1, -0.05) is 19.1 Å². The standard InChI is InChI=1S/C22H23FN2O3/c1-14(11-15-3-6-18(23)7-4-15)21(26)24-10-9-17-12-16-5-8-19(28-2)13-20(16)25-22(17)27/h3-8,12-14H,9-11H2,1-2H3,(H,24,26)(H,25,27). The number of rotatable bonds is 7. The van der Waals surface area contributed by atoms with Gasteiger partial charge < -0.3 is 15.0 Å². The molecule has 3 aromatic rings. The predicted octanol–water partition coefficient (Wildman–Crippen LogP) is 3.21. The van der Waals surface area contributed by atoms with Crippen molar-refractivity contribution in [3.63, 3.8) is 0 Å². The van der Waals surface area contributed by atoms with Crippen molar-refractivity contribution >= 4 is 16.8 Å². The first-order valence-corrected chi connectivity index (χ1v) is 9.18. The second-order valence-corrected chi connectivity index (χ2v) is 6.85. The number of H-pyrrole nitrogens is 1. The fraction of sp³-hybridized carbons (Fsp3) is 0.273. The minimum atomic E-state index is -0.292. The van der Waals surface area contributed by atoms with Gasteiger partial charge in [0.1, 0.15) is 11.6 Å².